The number of carbonyl (C=O) groups excluding carboxylic acids is 1. The van der Waals surface area contributed by atoms with Gasteiger partial charge in [0, 0.05) is 23.1 Å². The summed E-state index contributed by atoms with van der Waals surface area (Å²) in [5.74, 6) is -0.290. The zero-order valence-electron chi connectivity index (χ0n) is 16.7. The first-order valence-electron chi connectivity index (χ1n) is 10.1. The van der Waals surface area contributed by atoms with Gasteiger partial charge in [-0.05, 0) is 47.6 Å². The molecule has 1 N–H and O–H groups in total. The van der Waals surface area contributed by atoms with Crippen LogP contribution in [0.25, 0.3) is 10.8 Å². The summed E-state index contributed by atoms with van der Waals surface area (Å²) in [5, 5.41) is 13.9. The van der Waals surface area contributed by atoms with Gasteiger partial charge in [-0.3, -0.25) is 4.79 Å². The second-order valence-electron chi connectivity index (χ2n) is 7.39. The number of fused-ring (bicyclic) bond motifs is 2. The van der Waals surface area contributed by atoms with Crippen LogP contribution < -0.4 is 4.90 Å². The maximum absolute atomic E-state index is 13.6. The third kappa shape index (κ3) is 3.27. The molecule has 1 amide bonds. The summed E-state index contributed by atoms with van der Waals surface area (Å²) in [6.07, 6.45) is 0. The van der Waals surface area contributed by atoms with E-state index in [1.54, 1.807) is 4.90 Å². The Kier molecular flexibility index (Phi) is 5.47. The van der Waals surface area contributed by atoms with Crippen molar-refractivity contribution in [2.24, 2.45) is 0 Å². The molecule has 1 unspecified atom stereocenters. The first-order chi connectivity index (χ1) is 14.0. The fourth-order valence-corrected chi connectivity index (χ4v) is 4.84. The third-order valence-electron chi connectivity index (χ3n) is 5.90. The molecule has 0 bridgehead atoms. The summed E-state index contributed by atoms with van der Waals surface area (Å²) in [5.41, 5.74) is 0.287. The van der Waals surface area contributed by atoms with Crippen LogP contribution in [-0.2, 0) is 10.4 Å². The molecule has 3 aromatic rings. The second kappa shape index (κ2) is 7.90. The molecule has 29 heavy (non-hydrogen) atoms. The fraction of sp³-hybridized carbons (Fsp3) is 0.292. The molecule has 0 saturated carbocycles. The lowest BCUT2D eigenvalue weighted by atomic mass is 9.86. The van der Waals surface area contributed by atoms with Crippen molar-refractivity contribution < 1.29 is 9.90 Å². The SMILES string of the molecule is CCN(CC)CCN1C(=O)C(O)(c2ccc3ccccc3c2)c2c(Br)cccc21. The predicted molar refractivity (Wildman–Crippen MR) is 121 cm³/mol. The predicted octanol–water partition coefficient (Wildman–Crippen LogP) is 4.53. The van der Waals surface area contributed by atoms with Crippen LogP contribution in [-0.4, -0.2) is 42.1 Å². The molecule has 1 heterocycles. The van der Waals surface area contributed by atoms with Gasteiger partial charge in [0.2, 0.25) is 0 Å². The van der Waals surface area contributed by atoms with Gasteiger partial charge in [0.1, 0.15) is 0 Å². The Balaban J connectivity index is 1.81. The lowest BCUT2D eigenvalue weighted by molar-refractivity contribution is -0.132. The number of halogens is 1. The number of hydrogen-bond donors (Lipinski definition) is 1. The number of carbonyl (C=O) groups is 1. The summed E-state index contributed by atoms with van der Waals surface area (Å²) in [7, 11) is 0. The van der Waals surface area contributed by atoms with Crippen LogP contribution >= 0.6 is 15.9 Å². The molecule has 4 nitrogen and oxygen atoms in total. The molecule has 0 fully saturated rings. The second-order valence-corrected chi connectivity index (χ2v) is 8.24. The third-order valence-corrected chi connectivity index (χ3v) is 6.56. The van der Waals surface area contributed by atoms with Crippen molar-refractivity contribution in [1.82, 2.24) is 4.90 Å². The number of likely N-dealkylation sites (N-methyl/N-ethyl adjacent to an activating group) is 1. The van der Waals surface area contributed by atoms with Gasteiger partial charge in [-0.1, -0.05) is 72.2 Å². The summed E-state index contributed by atoms with van der Waals surface area (Å²) < 4.78 is 0.740. The molecule has 1 atom stereocenters. The average molecular weight is 453 g/mol. The van der Waals surface area contributed by atoms with E-state index < -0.39 is 5.60 Å². The average Bonchev–Trinajstić information content (AvgIpc) is 2.97. The van der Waals surface area contributed by atoms with Crippen LogP contribution in [0.5, 0.6) is 0 Å². The van der Waals surface area contributed by atoms with Crippen molar-refractivity contribution in [1.29, 1.82) is 0 Å². The number of rotatable bonds is 6. The number of anilines is 1. The highest BCUT2D eigenvalue weighted by Crippen LogP contribution is 2.48. The van der Waals surface area contributed by atoms with Crippen molar-refractivity contribution >= 4 is 38.3 Å². The van der Waals surface area contributed by atoms with E-state index in [4.69, 9.17) is 0 Å². The molecule has 5 heteroatoms. The van der Waals surface area contributed by atoms with Gasteiger partial charge in [0.05, 0.1) is 5.69 Å². The van der Waals surface area contributed by atoms with Gasteiger partial charge in [0.15, 0.2) is 5.60 Å². The van der Waals surface area contributed by atoms with Crippen LogP contribution in [0.3, 0.4) is 0 Å². The molecule has 0 aliphatic carbocycles. The largest absolute Gasteiger partial charge is 0.372 e. The fourth-order valence-electron chi connectivity index (χ4n) is 4.19. The minimum atomic E-state index is -1.71. The van der Waals surface area contributed by atoms with Gasteiger partial charge in [0.25, 0.3) is 5.91 Å². The van der Waals surface area contributed by atoms with Crippen molar-refractivity contribution in [2.45, 2.75) is 19.4 Å². The molecule has 1 aliphatic heterocycles. The molecule has 0 aromatic heterocycles. The van der Waals surface area contributed by atoms with Crippen molar-refractivity contribution in [3.63, 3.8) is 0 Å². The summed E-state index contributed by atoms with van der Waals surface area (Å²) in [4.78, 5) is 17.6. The lowest BCUT2D eigenvalue weighted by Gasteiger charge is -2.26. The highest BCUT2D eigenvalue weighted by atomic mass is 79.9. The smallest absolute Gasteiger partial charge is 0.268 e. The molecular formula is C24H25BrN2O2. The van der Waals surface area contributed by atoms with Gasteiger partial charge in [-0.2, -0.15) is 0 Å². The molecule has 0 radical (unpaired) electrons. The molecule has 150 valence electrons. The van der Waals surface area contributed by atoms with Gasteiger partial charge < -0.3 is 14.9 Å². The van der Waals surface area contributed by atoms with E-state index in [9.17, 15) is 9.90 Å². The quantitative estimate of drug-likeness (QED) is 0.597. The number of aliphatic hydroxyl groups is 1. The summed E-state index contributed by atoms with van der Waals surface area (Å²) >= 11 is 3.58. The van der Waals surface area contributed by atoms with Crippen LogP contribution in [0.1, 0.15) is 25.0 Å². The maximum atomic E-state index is 13.6. The van der Waals surface area contributed by atoms with Crippen LogP contribution in [0.15, 0.2) is 65.1 Å². The van der Waals surface area contributed by atoms with E-state index in [2.05, 4.69) is 34.7 Å². The van der Waals surface area contributed by atoms with Crippen molar-refractivity contribution in [3.8, 4) is 0 Å². The monoisotopic (exact) mass is 452 g/mol. The van der Waals surface area contributed by atoms with Crippen molar-refractivity contribution in [3.05, 3.63) is 76.3 Å². The minimum absolute atomic E-state index is 0.290. The molecule has 0 saturated heterocycles. The van der Waals surface area contributed by atoms with E-state index in [0.717, 1.165) is 40.6 Å². The Bertz CT molecular complexity index is 1060. The Hall–Kier alpha value is -2.21. The Morgan fingerprint density at radius 1 is 1.00 bits per heavy atom. The van der Waals surface area contributed by atoms with Gasteiger partial charge in [-0.25, -0.2) is 0 Å². The molecule has 1 aliphatic rings. The highest BCUT2D eigenvalue weighted by Gasteiger charge is 2.52. The molecular weight excluding hydrogens is 428 g/mol. The highest BCUT2D eigenvalue weighted by molar-refractivity contribution is 9.10. The van der Waals surface area contributed by atoms with E-state index in [-0.39, 0.29) is 5.91 Å². The van der Waals surface area contributed by atoms with Crippen LogP contribution in [0.2, 0.25) is 0 Å². The Morgan fingerprint density at radius 2 is 1.72 bits per heavy atom. The molecule has 4 rings (SSSR count). The van der Waals surface area contributed by atoms with Gasteiger partial charge >= 0.3 is 0 Å². The number of hydrogen-bond acceptors (Lipinski definition) is 3. The zero-order chi connectivity index (χ0) is 20.6. The van der Waals surface area contributed by atoms with E-state index in [1.165, 1.54) is 0 Å². The van der Waals surface area contributed by atoms with E-state index >= 15 is 0 Å². The minimum Gasteiger partial charge on any atom is -0.372 e. The maximum Gasteiger partial charge on any atom is 0.268 e. The van der Waals surface area contributed by atoms with E-state index in [0.29, 0.717) is 17.7 Å². The van der Waals surface area contributed by atoms with Crippen LogP contribution in [0, 0.1) is 0 Å². The topological polar surface area (TPSA) is 43.8 Å². The standard InChI is InChI=1S/C24H25BrN2O2/c1-3-26(4-2)14-15-27-21-11-7-10-20(25)22(21)24(29,23(27)28)19-13-12-17-8-5-6-9-18(17)16-19/h5-13,16,29H,3-4,14-15H2,1-2H3. The summed E-state index contributed by atoms with van der Waals surface area (Å²) in [6, 6.07) is 19.4. The van der Waals surface area contributed by atoms with E-state index in [1.807, 2.05) is 60.7 Å². The Morgan fingerprint density at radius 3 is 2.45 bits per heavy atom. The number of nitrogens with zero attached hydrogens (tertiary/aromatic N) is 2. The number of benzene rings is 3. The van der Waals surface area contributed by atoms with Gasteiger partial charge in [-0.15, -0.1) is 0 Å². The summed E-state index contributed by atoms with van der Waals surface area (Å²) in [6.45, 7) is 7.40. The normalized spacial score (nSPS) is 18.7. The lowest BCUT2D eigenvalue weighted by Crippen LogP contribution is -2.44. The molecule has 3 aromatic carbocycles. The first kappa shape index (κ1) is 20.1. The zero-order valence-corrected chi connectivity index (χ0v) is 18.3. The van der Waals surface area contributed by atoms with Crippen LogP contribution in [0.4, 0.5) is 5.69 Å². The number of amides is 1. The van der Waals surface area contributed by atoms with Crippen molar-refractivity contribution in [2.75, 3.05) is 31.1 Å². The molecule has 0 spiro atoms. The Labute approximate surface area is 179 Å². The first-order valence-corrected chi connectivity index (χ1v) is 10.8.